The van der Waals surface area contributed by atoms with E-state index in [-0.39, 0.29) is 44.0 Å². The van der Waals surface area contributed by atoms with Crippen LogP contribution in [0.4, 0.5) is 0 Å². The summed E-state index contributed by atoms with van der Waals surface area (Å²) in [6.45, 7) is 0.775. The van der Waals surface area contributed by atoms with E-state index in [4.69, 9.17) is 14.2 Å². The molecule has 8 heteroatoms. The second kappa shape index (κ2) is 11.3. The van der Waals surface area contributed by atoms with Crippen molar-refractivity contribution in [2.45, 2.75) is 51.6 Å². The fourth-order valence-electron chi connectivity index (χ4n) is 6.52. The number of piperidine rings is 1. The van der Waals surface area contributed by atoms with Crippen molar-refractivity contribution in [3.63, 3.8) is 0 Å². The van der Waals surface area contributed by atoms with E-state index in [1.807, 2.05) is 66.7 Å². The Morgan fingerprint density at radius 1 is 1.05 bits per heavy atom. The molecule has 0 radical (unpaired) electrons. The summed E-state index contributed by atoms with van der Waals surface area (Å²) in [6, 6.07) is 19.7. The maximum Gasteiger partial charge on any atom is 0.317 e. The van der Waals surface area contributed by atoms with Crippen LogP contribution in [0.1, 0.15) is 49.7 Å². The monoisotopic (exact) mass is 554 g/mol. The molecule has 0 aromatic heterocycles. The first-order chi connectivity index (χ1) is 20.0. The summed E-state index contributed by atoms with van der Waals surface area (Å²) < 4.78 is 16.3. The van der Waals surface area contributed by atoms with Crippen LogP contribution in [-0.2, 0) is 32.2 Å². The second-order valence-electron chi connectivity index (χ2n) is 11.0. The number of nitrogens with zero attached hydrogens (tertiary/aromatic N) is 1. The average molecular weight is 555 g/mol. The van der Waals surface area contributed by atoms with Gasteiger partial charge in [-0.3, -0.25) is 14.4 Å². The molecule has 2 heterocycles. The molecule has 1 saturated heterocycles. The SMILES string of the molecule is COC(=O)[C@]12CCCCC=C1N(Cc1ccc3c(c1)OCO3)C(=O)[C@H](CC(=O)NCc1cccc3ccccc13)C2. The van der Waals surface area contributed by atoms with Crippen LogP contribution in [-0.4, -0.2) is 36.6 Å². The van der Waals surface area contributed by atoms with E-state index in [0.717, 1.165) is 41.2 Å². The zero-order valence-electron chi connectivity index (χ0n) is 23.2. The van der Waals surface area contributed by atoms with Gasteiger partial charge in [0.15, 0.2) is 11.5 Å². The molecular weight excluding hydrogens is 520 g/mol. The number of likely N-dealkylation sites (tertiary alicyclic amines) is 1. The Bertz CT molecular complexity index is 1530. The minimum absolute atomic E-state index is 0.00668. The van der Waals surface area contributed by atoms with Gasteiger partial charge in [-0.25, -0.2) is 0 Å². The van der Waals surface area contributed by atoms with Crippen LogP contribution in [0.25, 0.3) is 10.8 Å². The number of carbonyl (C=O) groups excluding carboxylic acids is 3. The number of fused-ring (bicyclic) bond motifs is 3. The molecule has 0 saturated carbocycles. The zero-order chi connectivity index (χ0) is 28.4. The van der Waals surface area contributed by atoms with Crippen LogP contribution in [0.2, 0.25) is 0 Å². The molecule has 3 aromatic carbocycles. The van der Waals surface area contributed by atoms with Crippen molar-refractivity contribution in [3.8, 4) is 11.5 Å². The molecule has 3 aliphatic rings. The quantitative estimate of drug-likeness (QED) is 0.402. The van der Waals surface area contributed by atoms with Gasteiger partial charge in [0.2, 0.25) is 18.6 Å². The maximum atomic E-state index is 14.1. The molecule has 0 unspecified atom stereocenters. The highest BCUT2D eigenvalue weighted by Gasteiger charge is 2.53. The zero-order valence-corrected chi connectivity index (χ0v) is 23.2. The van der Waals surface area contributed by atoms with Gasteiger partial charge in [0.1, 0.15) is 5.41 Å². The van der Waals surface area contributed by atoms with E-state index >= 15 is 0 Å². The summed E-state index contributed by atoms with van der Waals surface area (Å²) in [6.07, 6.45) is 5.37. The number of carbonyl (C=O) groups is 3. The van der Waals surface area contributed by atoms with E-state index < -0.39 is 11.3 Å². The summed E-state index contributed by atoms with van der Waals surface area (Å²) in [7, 11) is 1.39. The smallest absolute Gasteiger partial charge is 0.317 e. The third-order valence-corrected chi connectivity index (χ3v) is 8.53. The van der Waals surface area contributed by atoms with Crippen molar-refractivity contribution < 1.29 is 28.6 Å². The van der Waals surface area contributed by atoms with Crippen LogP contribution in [0.3, 0.4) is 0 Å². The molecule has 0 spiro atoms. The van der Waals surface area contributed by atoms with E-state index in [1.165, 1.54) is 7.11 Å². The Kier molecular flexibility index (Phi) is 7.39. The standard InChI is InChI=1S/C33H34N2O6/c1-39-32(38)33-15-6-2-3-12-29(33)35(20-22-13-14-27-28(16-22)41-21-40-27)31(37)25(18-33)17-30(36)34-19-24-10-7-9-23-8-4-5-11-26(23)24/h4-5,7-14,16,25H,2-3,6,15,17-21H2,1H3,(H,34,36)/t25-,33+/m1/s1. The molecule has 2 aliphatic heterocycles. The molecule has 1 aliphatic carbocycles. The van der Waals surface area contributed by atoms with Crippen LogP contribution in [0.5, 0.6) is 11.5 Å². The van der Waals surface area contributed by atoms with E-state index in [0.29, 0.717) is 30.2 Å². The number of benzene rings is 3. The Balaban J connectivity index is 1.26. The number of ether oxygens (including phenoxy) is 3. The van der Waals surface area contributed by atoms with Gasteiger partial charge in [0, 0.05) is 24.6 Å². The van der Waals surface area contributed by atoms with Crippen molar-refractivity contribution in [1.29, 1.82) is 0 Å². The first kappa shape index (κ1) is 26.9. The number of allylic oxidation sites excluding steroid dienone is 1. The number of methoxy groups -OCH3 is 1. The first-order valence-electron chi connectivity index (χ1n) is 14.2. The summed E-state index contributed by atoms with van der Waals surface area (Å²) in [5.41, 5.74) is 1.58. The van der Waals surface area contributed by atoms with Crippen molar-refractivity contribution >= 4 is 28.6 Å². The molecule has 2 amide bonds. The Labute approximate surface area is 239 Å². The van der Waals surface area contributed by atoms with Gasteiger partial charge in [-0.15, -0.1) is 0 Å². The van der Waals surface area contributed by atoms with Gasteiger partial charge >= 0.3 is 5.97 Å². The van der Waals surface area contributed by atoms with Gasteiger partial charge in [-0.05, 0) is 59.7 Å². The second-order valence-corrected chi connectivity index (χ2v) is 11.0. The highest BCUT2D eigenvalue weighted by molar-refractivity contribution is 5.92. The molecule has 41 heavy (non-hydrogen) atoms. The summed E-state index contributed by atoms with van der Waals surface area (Å²) in [4.78, 5) is 42.5. The molecule has 2 atom stereocenters. The molecule has 1 fully saturated rings. The minimum atomic E-state index is -0.976. The molecule has 212 valence electrons. The lowest BCUT2D eigenvalue weighted by Gasteiger charge is -2.46. The van der Waals surface area contributed by atoms with Crippen LogP contribution in [0.15, 0.2) is 72.4 Å². The van der Waals surface area contributed by atoms with Gasteiger partial charge in [0.25, 0.3) is 0 Å². The van der Waals surface area contributed by atoms with Gasteiger partial charge < -0.3 is 24.4 Å². The van der Waals surface area contributed by atoms with Crippen LogP contribution < -0.4 is 14.8 Å². The van der Waals surface area contributed by atoms with Crippen molar-refractivity contribution in [2.75, 3.05) is 13.9 Å². The molecule has 6 rings (SSSR count). The van der Waals surface area contributed by atoms with Gasteiger partial charge in [-0.2, -0.15) is 0 Å². The van der Waals surface area contributed by atoms with Crippen molar-refractivity contribution in [3.05, 3.63) is 83.6 Å². The number of rotatable bonds is 7. The van der Waals surface area contributed by atoms with E-state index in [2.05, 4.69) is 5.32 Å². The highest BCUT2D eigenvalue weighted by Crippen LogP contribution is 2.50. The fraction of sp³-hybridized carbons (Fsp3) is 0.364. The van der Waals surface area contributed by atoms with Gasteiger partial charge in [0.05, 0.1) is 13.7 Å². The first-order valence-corrected chi connectivity index (χ1v) is 14.2. The maximum absolute atomic E-state index is 14.1. The van der Waals surface area contributed by atoms with Crippen molar-refractivity contribution in [2.24, 2.45) is 11.3 Å². The lowest BCUT2D eigenvalue weighted by molar-refractivity contribution is -0.160. The number of amides is 2. The largest absolute Gasteiger partial charge is 0.468 e. The van der Waals surface area contributed by atoms with Crippen LogP contribution >= 0.6 is 0 Å². The average Bonchev–Trinajstić information content (AvgIpc) is 3.36. The fourth-order valence-corrected chi connectivity index (χ4v) is 6.52. The van der Waals surface area contributed by atoms with Crippen molar-refractivity contribution in [1.82, 2.24) is 10.2 Å². The summed E-state index contributed by atoms with van der Waals surface area (Å²) in [5.74, 6) is -0.0978. The molecular formula is C33H34N2O6. The number of hydrogen-bond acceptors (Lipinski definition) is 6. The number of hydrogen-bond donors (Lipinski definition) is 1. The predicted molar refractivity (Wildman–Crippen MR) is 153 cm³/mol. The van der Waals surface area contributed by atoms with Crippen LogP contribution in [0, 0.1) is 11.3 Å². The number of esters is 1. The molecule has 8 nitrogen and oxygen atoms in total. The predicted octanol–water partition coefficient (Wildman–Crippen LogP) is 5.24. The number of nitrogens with one attached hydrogen (secondary N) is 1. The lowest BCUT2D eigenvalue weighted by atomic mass is 9.69. The summed E-state index contributed by atoms with van der Waals surface area (Å²) in [5, 5.41) is 5.21. The van der Waals surface area contributed by atoms with E-state index in [9.17, 15) is 14.4 Å². The van der Waals surface area contributed by atoms with Gasteiger partial charge in [-0.1, -0.05) is 61.0 Å². The highest BCUT2D eigenvalue weighted by atomic mass is 16.7. The lowest BCUT2D eigenvalue weighted by Crippen LogP contribution is -2.53. The normalized spacial score (nSPS) is 21.6. The topological polar surface area (TPSA) is 94.2 Å². The molecule has 3 aromatic rings. The third kappa shape index (κ3) is 5.14. The molecule has 1 N–H and O–H groups in total. The summed E-state index contributed by atoms with van der Waals surface area (Å²) >= 11 is 0. The Morgan fingerprint density at radius 2 is 1.88 bits per heavy atom. The third-order valence-electron chi connectivity index (χ3n) is 8.53. The molecule has 0 bridgehead atoms. The Morgan fingerprint density at radius 3 is 2.76 bits per heavy atom. The van der Waals surface area contributed by atoms with E-state index in [1.54, 1.807) is 4.90 Å². The Hall–Kier alpha value is -4.33. The minimum Gasteiger partial charge on any atom is -0.468 e.